The molecular formula is C22H25N3O2S. The molecule has 0 saturated carbocycles. The molecule has 5 nitrogen and oxygen atoms in total. The molecule has 1 N–H and O–H groups in total. The number of aromatic nitrogens is 2. The van der Waals surface area contributed by atoms with E-state index in [-0.39, 0.29) is 5.56 Å². The van der Waals surface area contributed by atoms with Crippen molar-refractivity contribution in [3.63, 3.8) is 0 Å². The third kappa shape index (κ3) is 3.56. The molecule has 3 aromatic rings. The maximum atomic E-state index is 13.2. The summed E-state index contributed by atoms with van der Waals surface area (Å²) in [6.07, 6.45) is 6.98. The number of hydrogen-bond acceptors (Lipinski definition) is 5. The van der Waals surface area contributed by atoms with Gasteiger partial charge in [0.15, 0.2) is 0 Å². The summed E-state index contributed by atoms with van der Waals surface area (Å²) < 4.78 is 7.00. The van der Waals surface area contributed by atoms with Crippen LogP contribution < -0.4 is 15.6 Å². The van der Waals surface area contributed by atoms with Gasteiger partial charge in [-0.15, -0.1) is 17.9 Å². The zero-order valence-electron chi connectivity index (χ0n) is 16.2. The third-order valence-corrected chi connectivity index (χ3v) is 6.40. The van der Waals surface area contributed by atoms with Crippen LogP contribution in [-0.4, -0.2) is 23.2 Å². The van der Waals surface area contributed by atoms with Crippen LogP contribution in [0.5, 0.6) is 5.75 Å². The smallest absolute Gasteiger partial charge is 0.264 e. The molecule has 0 fully saturated rings. The van der Waals surface area contributed by atoms with Crippen molar-refractivity contribution < 1.29 is 4.74 Å². The Morgan fingerprint density at radius 1 is 1.36 bits per heavy atom. The minimum Gasteiger partial charge on any atom is -0.497 e. The number of allylic oxidation sites excluding steroid dienone is 1. The average Bonchev–Trinajstić information content (AvgIpc) is 3.09. The van der Waals surface area contributed by atoms with E-state index >= 15 is 0 Å². The number of rotatable bonds is 7. The van der Waals surface area contributed by atoms with Gasteiger partial charge in [-0.05, 0) is 55.4 Å². The molecule has 4 rings (SSSR count). The number of hydrogen-bond donors (Lipinski definition) is 1. The number of nitrogens with one attached hydrogen (secondary N) is 1. The SMILES string of the molecule is C=CCn1c(NCCc2cccc(OC)c2)nc2sc3c(c2c1=O)CCCC3. The van der Waals surface area contributed by atoms with E-state index in [9.17, 15) is 4.79 Å². The van der Waals surface area contributed by atoms with Crippen molar-refractivity contribution in [2.75, 3.05) is 19.0 Å². The van der Waals surface area contributed by atoms with Crippen LogP contribution in [0, 0.1) is 0 Å². The number of methoxy groups -OCH3 is 1. The van der Waals surface area contributed by atoms with Gasteiger partial charge in [0.25, 0.3) is 5.56 Å². The summed E-state index contributed by atoms with van der Waals surface area (Å²) >= 11 is 1.68. The van der Waals surface area contributed by atoms with E-state index in [1.807, 2.05) is 18.2 Å². The van der Waals surface area contributed by atoms with Crippen molar-refractivity contribution >= 4 is 27.5 Å². The van der Waals surface area contributed by atoms with Crippen LogP contribution in [0.3, 0.4) is 0 Å². The normalized spacial score (nSPS) is 13.3. The Morgan fingerprint density at radius 2 is 2.21 bits per heavy atom. The van der Waals surface area contributed by atoms with Crippen LogP contribution in [0.4, 0.5) is 5.95 Å². The van der Waals surface area contributed by atoms with Crippen LogP contribution in [0.1, 0.15) is 28.8 Å². The molecule has 0 radical (unpaired) electrons. The standard InChI is InChI=1S/C22H25N3O2S/c1-3-13-25-21(26)19-17-9-4-5-10-18(17)28-20(19)24-22(25)23-12-11-15-7-6-8-16(14-15)27-2/h3,6-8,14H,1,4-5,9-13H2,2H3,(H,23,24). The fraction of sp³-hybridized carbons (Fsp3) is 0.364. The monoisotopic (exact) mass is 395 g/mol. The lowest BCUT2D eigenvalue weighted by molar-refractivity contribution is 0.414. The molecule has 1 aliphatic rings. The third-order valence-electron chi connectivity index (χ3n) is 5.22. The lowest BCUT2D eigenvalue weighted by Crippen LogP contribution is -2.25. The first-order chi connectivity index (χ1) is 13.7. The maximum absolute atomic E-state index is 13.2. The highest BCUT2D eigenvalue weighted by atomic mass is 32.1. The summed E-state index contributed by atoms with van der Waals surface area (Å²) in [5, 5.41) is 4.19. The van der Waals surface area contributed by atoms with Gasteiger partial charge in [-0.2, -0.15) is 0 Å². The molecule has 0 saturated heterocycles. The quantitative estimate of drug-likeness (QED) is 0.610. The van der Waals surface area contributed by atoms with Gasteiger partial charge < -0.3 is 10.1 Å². The van der Waals surface area contributed by atoms with E-state index in [0.29, 0.717) is 19.0 Å². The predicted octanol–water partition coefficient (Wildman–Crippen LogP) is 4.19. The van der Waals surface area contributed by atoms with Crippen LogP contribution >= 0.6 is 11.3 Å². The topological polar surface area (TPSA) is 56.1 Å². The number of thiophene rings is 1. The summed E-state index contributed by atoms with van der Waals surface area (Å²) in [7, 11) is 1.67. The highest BCUT2D eigenvalue weighted by molar-refractivity contribution is 7.18. The van der Waals surface area contributed by atoms with E-state index < -0.39 is 0 Å². The number of anilines is 1. The van der Waals surface area contributed by atoms with Crippen LogP contribution in [-0.2, 0) is 25.8 Å². The summed E-state index contributed by atoms with van der Waals surface area (Å²) in [4.78, 5) is 20.2. The van der Waals surface area contributed by atoms with Gasteiger partial charge >= 0.3 is 0 Å². The number of benzene rings is 1. The highest BCUT2D eigenvalue weighted by Gasteiger charge is 2.21. The van der Waals surface area contributed by atoms with Gasteiger partial charge in [0.2, 0.25) is 5.95 Å². The fourth-order valence-electron chi connectivity index (χ4n) is 3.82. The van der Waals surface area contributed by atoms with Gasteiger partial charge in [-0.1, -0.05) is 18.2 Å². The van der Waals surface area contributed by atoms with Crippen molar-refractivity contribution in [3.05, 3.63) is 63.3 Å². The highest BCUT2D eigenvalue weighted by Crippen LogP contribution is 2.34. The lowest BCUT2D eigenvalue weighted by Gasteiger charge is -2.14. The summed E-state index contributed by atoms with van der Waals surface area (Å²) in [5.74, 6) is 1.48. The Balaban J connectivity index is 1.63. The van der Waals surface area contributed by atoms with Crippen molar-refractivity contribution in [3.8, 4) is 5.75 Å². The zero-order valence-corrected chi connectivity index (χ0v) is 17.0. The van der Waals surface area contributed by atoms with E-state index in [2.05, 4.69) is 18.0 Å². The molecular weight excluding hydrogens is 370 g/mol. The van der Waals surface area contributed by atoms with E-state index in [4.69, 9.17) is 9.72 Å². The second kappa shape index (κ2) is 8.19. The van der Waals surface area contributed by atoms with Gasteiger partial charge in [-0.25, -0.2) is 4.98 Å². The summed E-state index contributed by atoms with van der Waals surface area (Å²) in [5.41, 5.74) is 2.45. The lowest BCUT2D eigenvalue weighted by atomic mass is 9.97. The van der Waals surface area contributed by atoms with Gasteiger partial charge in [0, 0.05) is 18.0 Å². The summed E-state index contributed by atoms with van der Waals surface area (Å²) in [6.45, 7) is 4.95. The van der Waals surface area contributed by atoms with Gasteiger partial charge in [0.05, 0.1) is 12.5 Å². The molecule has 146 valence electrons. The van der Waals surface area contributed by atoms with Crippen molar-refractivity contribution in [1.82, 2.24) is 9.55 Å². The zero-order chi connectivity index (χ0) is 19.5. The Bertz CT molecular complexity index is 1070. The number of nitrogens with zero attached hydrogens (tertiary/aromatic N) is 2. The molecule has 1 aromatic carbocycles. The van der Waals surface area contributed by atoms with Crippen LogP contribution in [0.25, 0.3) is 10.2 Å². The largest absolute Gasteiger partial charge is 0.497 e. The first-order valence-electron chi connectivity index (χ1n) is 9.74. The molecule has 2 aromatic heterocycles. The van der Waals surface area contributed by atoms with E-state index in [1.165, 1.54) is 22.4 Å². The Hall–Kier alpha value is -2.60. The molecule has 2 heterocycles. The second-order valence-corrected chi connectivity index (χ2v) is 8.14. The van der Waals surface area contributed by atoms with Crippen molar-refractivity contribution in [2.45, 2.75) is 38.6 Å². The summed E-state index contributed by atoms with van der Waals surface area (Å²) in [6, 6.07) is 8.03. The minimum atomic E-state index is 0.0492. The molecule has 0 atom stereocenters. The second-order valence-electron chi connectivity index (χ2n) is 7.06. The molecule has 0 spiro atoms. The van der Waals surface area contributed by atoms with Gasteiger partial charge in [0.1, 0.15) is 10.6 Å². The number of aryl methyl sites for hydroxylation is 2. The first-order valence-corrected chi connectivity index (χ1v) is 10.6. The molecule has 0 unspecified atom stereocenters. The minimum absolute atomic E-state index is 0.0492. The van der Waals surface area contributed by atoms with E-state index in [0.717, 1.165) is 41.6 Å². The number of ether oxygens (including phenoxy) is 1. The molecule has 0 aliphatic heterocycles. The fourth-order valence-corrected chi connectivity index (χ4v) is 5.07. The van der Waals surface area contributed by atoms with Crippen LogP contribution in [0.2, 0.25) is 0 Å². The number of fused-ring (bicyclic) bond motifs is 3. The molecule has 1 aliphatic carbocycles. The molecule has 28 heavy (non-hydrogen) atoms. The Kier molecular flexibility index (Phi) is 5.48. The Labute approximate surface area is 168 Å². The van der Waals surface area contributed by atoms with Crippen molar-refractivity contribution in [2.24, 2.45) is 0 Å². The average molecular weight is 396 g/mol. The maximum Gasteiger partial charge on any atom is 0.264 e. The molecule has 0 bridgehead atoms. The van der Waals surface area contributed by atoms with Crippen LogP contribution in [0.15, 0.2) is 41.7 Å². The Morgan fingerprint density at radius 3 is 3.04 bits per heavy atom. The predicted molar refractivity (Wildman–Crippen MR) is 116 cm³/mol. The van der Waals surface area contributed by atoms with Gasteiger partial charge in [-0.3, -0.25) is 9.36 Å². The first kappa shape index (κ1) is 18.7. The van der Waals surface area contributed by atoms with E-state index in [1.54, 1.807) is 29.1 Å². The molecule has 6 heteroatoms. The van der Waals surface area contributed by atoms with Crippen molar-refractivity contribution in [1.29, 1.82) is 0 Å². The molecule has 0 amide bonds.